The number of aliphatic hydroxyl groups is 1. The maximum atomic E-state index is 13.3. The number of fused-ring (bicyclic) bond motifs is 1. The zero-order valence-corrected chi connectivity index (χ0v) is 17.5. The van der Waals surface area contributed by atoms with Gasteiger partial charge in [-0.3, -0.25) is 14.4 Å². The number of likely N-dealkylation sites (tertiary alicyclic amines) is 1. The molecule has 0 spiro atoms. The van der Waals surface area contributed by atoms with E-state index in [0.717, 1.165) is 25.7 Å². The molecular formula is C21H35N3O4. The van der Waals surface area contributed by atoms with Gasteiger partial charge in [0.25, 0.3) is 0 Å². The molecule has 7 heteroatoms. The second-order valence-electron chi connectivity index (χ2n) is 7.92. The summed E-state index contributed by atoms with van der Waals surface area (Å²) in [6.07, 6.45) is 7.65. The van der Waals surface area contributed by atoms with E-state index in [1.807, 2.05) is 19.1 Å². The zero-order chi connectivity index (χ0) is 20.8. The Hall–Kier alpha value is -1.89. The van der Waals surface area contributed by atoms with Crippen molar-refractivity contribution in [2.45, 2.75) is 58.5 Å². The average molecular weight is 394 g/mol. The maximum Gasteiger partial charge on any atom is 0.243 e. The smallest absolute Gasteiger partial charge is 0.243 e. The highest BCUT2D eigenvalue weighted by Gasteiger charge is 2.57. The van der Waals surface area contributed by atoms with Crippen molar-refractivity contribution < 1.29 is 19.5 Å². The van der Waals surface area contributed by atoms with Gasteiger partial charge in [0.15, 0.2) is 0 Å². The number of amides is 3. The van der Waals surface area contributed by atoms with Crippen LogP contribution < -0.4 is 10.6 Å². The van der Waals surface area contributed by atoms with E-state index in [-0.39, 0.29) is 36.2 Å². The van der Waals surface area contributed by atoms with Crippen LogP contribution in [0.15, 0.2) is 12.2 Å². The Balaban J connectivity index is 2.35. The summed E-state index contributed by atoms with van der Waals surface area (Å²) < 4.78 is 0. The number of carbonyl (C=O) groups is 3. The van der Waals surface area contributed by atoms with Crippen LogP contribution in [0.1, 0.15) is 46.5 Å². The van der Waals surface area contributed by atoms with E-state index >= 15 is 0 Å². The molecule has 0 aromatic rings. The van der Waals surface area contributed by atoms with Crippen molar-refractivity contribution in [1.82, 2.24) is 15.5 Å². The third-order valence-electron chi connectivity index (χ3n) is 6.16. The number of allylic oxidation sites excluding steroid dienone is 1. The van der Waals surface area contributed by atoms with Gasteiger partial charge < -0.3 is 20.6 Å². The van der Waals surface area contributed by atoms with Gasteiger partial charge in [-0.15, -0.1) is 0 Å². The van der Waals surface area contributed by atoms with Crippen LogP contribution in [0.4, 0.5) is 0 Å². The van der Waals surface area contributed by atoms with Crippen LogP contribution in [-0.2, 0) is 14.4 Å². The third-order valence-corrected chi connectivity index (χ3v) is 6.16. The number of nitrogens with one attached hydrogen (secondary N) is 2. The highest BCUT2D eigenvalue weighted by atomic mass is 16.3. The first kappa shape index (κ1) is 22.4. The lowest BCUT2D eigenvalue weighted by Crippen LogP contribution is -2.51. The first-order valence-corrected chi connectivity index (χ1v) is 10.5. The Labute approximate surface area is 167 Å². The minimum atomic E-state index is -0.692. The Bertz CT molecular complexity index is 606. The minimum Gasteiger partial charge on any atom is -0.394 e. The molecule has 2 rings (SSSR count). The van der Waals surface area contributed by atoms with E-state index in [9.17, 15) is 19.5 Å². The van der Waals surface area contributed by atoms with Gasteiger partial charge in [-0.2, -0.15) is 0 Å². The van der Waals surface area contributed by atoms with Gasteiger partial charge in [-0.25, -0.2) is 0 Å². The summed E-state index contributed by atoms with van der Waals surface area (Å²) in [7, 11) is 1.58. The van der Waals surface area contributed by atoms with E-state index in [0.29, 0.717) is 6.54 Å². The SMILES string of the molecule is CCCCCNC(=O)[C@@H]1[C@H]2C=C[C@@H](CC)[C@@H](C(=O)NC)[C@@H]2C(=O)N1[C@H](C)CO. The van der Waals surface area contributed by atoms with Crippen LogP contribution >= 0.6 is 0 Å². The highest BCUT2D eigenvalue weighted by Crippen LogP contribution is 2.45. The molecule has 0 aromatic heterocycles. The van der Waals surface area contributed by atoms with Gasteiger partial charge in [0.2, 0.25) is 17.7 Å². The second-order valence-corrected chi connectivity index (χ2v) is 7.92. The van der Waals surface area contributed by atoms with Crippen molar-refractivity contribution >= 4 is 17.7 Å². The lowest BCUT2D eigenvalue weighted by atomic mass is 9.69. The van der Waals surface area contributed by atoms with Crippen LogP contribution in [0.2, 0.25) is 0 Å². The predicted octanol–water partition coefficient (Wildman–Crippen LogP) is 1.08. The lowest BCUT2D eigenvalue weighted by molar-refractivity contribution is -0.143. The average Bonchev–Trinajstić information content (AvgIpc) is 3.01. The molecule has 1 fully saturated rings. The summed E-state index contributed by atoms with van der Waals surface area (Å²) >= 11 is 0. The van der Waals surface area contributed by atoms with Gasteiger partial charge in [-0.05, 0) is 25.7 Å². The van der Waals surface area contributed by atoms with Gasteiger partial charge in [-0.1, -0.05) is 38.8 Å². The topological polar surface area (TPSA) is 98.7 Å². The molecular weight excluding hydrogens is 358 g/mol. The summed E-state index contributed by atoms with van der Waals surface area (Å²) in [5.41, 5.74) is 0. The molecule has 1 aliphatic heterocycles. The Morgan fingerprint density at radius 3 is 2.50 bits per heavy atom. The molecule has 1 aliphatic carbocycles. The van der Waals surface area contributed by atoms with Crippen molar-refractivity contribution in [3.63, 3.8) is 0 Å². The molecule has 0 unspecified atom stereocenters. The molecule has 0 aromatic carbocycles. The highest BCUT2D eigenvalue weighted by molar-refractivity contribution is 5.97. The number of aliphatic hydroxyl groups excluding tert-OH is 1. The van der Waals surface area contributed by atoms with Crippen molar-refractivity contribution in [2.24, 2.45) is 23.7 Å². The number of hydrogen-bond acceptors (Lipinski definition) is 4. The molecule has 3 amide bonds. The zero-order valence-electron chi connectivity index (χ0n) is 17.5. The normalized spacial score (nSPS) is 30.1. The van der Waals surface area contributed by atoms with Gasteiger partial charge in [0, 0.05) is 19.5 Å². The number of carbonyl (C=O) groups excluding carboxylic acids is 3. The van der Waals surface area contributed by atoms with Gasteiger partial charge in [0.05, 0.1) is 24.5 Å². The van der Waals surface area contributed by atoms with Crippen LogP contribution in [0.3, 0.4) is 0 Å². The first-order valence-electron chi connectivity index (χ1n) is 10.5. The first-order chi connectivity index (χ1) is 13.4. The van der Waals surface area contributed by atoms with Gasteiger partial charge in [0.1, 0.15) is 6.04 Å². The van der Waals surface area contributed by atoms with Crippen molar-refractivity contribution in [3.05, 3.63) is 12.2 Å². The number of unbranched alkanes of at least 4 members (excludes halogenated alkanes) is 2. The summed E-state index contributed by atoms with van der Waals surface area (Å²) in [6, 6.07) is -1.18. The third kappa shape index (κ3) is 4.24. The summed E-state index contributed by atoms with van der Waals surface area (Å²) in [6.45, 7) is 6.18. The number of hydrogen-bond donors (Lipinski definition) is 3. The van der Waals surface area contributed by atoms with Crippen molar-refractivity contribution in [2.75, 3.05) is 20.2 Å². The second kappa shape index (κ2) is 10.0. The minimum absolute atomic E-state index is 0.0391. The molecule has 1 saturated heterocycles. The monoisotopic (exact) mass is 393 g/mol. The fourth-order valence-electron chi connectivity index (χ4n) is 4.62. The lowest BCUT2D eigenvalue weighted by Gasteiger charge is -2.33. The summed E-state index contributed by atoms with van der Waals surface area (Å²) in [5, 5.41) is 15.3. The van der Waals surface area contributed by atoms with Crippen LogP contribution in [-0.4, -0.2) is 60.0 Å². The fraction of sp³-hybridized carbons (Fsp3) is 0.762. The van der Waals surface area contributed by atoms with Crippen LogP contribution in [0.5, 0.6) is 0 Å². The van der Waals surface area contributed by atoms with Crippen molar-refractivity contribution in [1.29, 1.82) is 0 Å². The molecule has 158 valence electrons. The largest absolute Gasteiger partial charge is 0.394 e. The molecule has 7 nitrogen and oxygen atoms in total. The maximum absolute atomic E-state index is 13.3. The Morgan fingerprint density at radius 1 is 1.21 bits per heavy atom. The molecule has 3 N–H and O–H groups in total. The number of nitrogens with zero attached hydrogens (tertiary/aromatic N) is 1. The quantitative estimate of drug-likeness (QED) is 0.403. The van der Waals surface area contributed by atoms with E-state index in [4.69, 9.17) is 0 Å². The van der Waals surface area contributed by atoms with Crippen molar-refractivity contribution in [3.8, 4) is 0 Å². The Morgan fingerprint density at radius 2 is 1.93 bits per heavy atom. The van der Waals surface area contributed by atoms with Crippen LogP contribution in [0.25, 0.3) is 0 Å². The molecule has 0 bridgehead atoms. The summed E-state index contributed by atoms with van der Waals surface area (Å²) in [4.78, 5) is 40.5. The molecule has 6 atom stereocenters. The number of rotatable bonds is 9. The standard InChI is InChI=1S/C21H35N3O4/c1-5-7-8-11-23-20(27)18-15-10-9-14(6-2)16(19(26)22-4)17(15)21(28)24(18)13(3)12-25/h9-10,13-18,25H,5-8,11-12H2,1-4H3,(H,22,26)(H,23,27)/t13-,14-,15+,16-,17-,18+/m1/s1. The van der Waals surface area contributed by atoms with E-state index < -0.39 is 23.9 Å². The molecule has 28 heavy (non-hydrogen) atoms. The molecule has 2 aliphatic rings. The predicted molar refractivity (Wildman–Crippen MR) is 107 cm³/mol. The molecule has 0 saturated carbocycles. The molecule has 1 heterocycles. The van der Waals surface area contributed by atoms with E-state index in [1.54, 1.807) is 14.0 Å². The van der Waals surface area contributed by atoms with Gasteiger partial charge >= 0.3 is 0 Å². The molecule has 0 radical (unpaired) electrons. The Kier molecular flexibility index (Phi) is 8.04. The summed E-state index contributed by atoms with van der Waals surface area (Å²) in [5.74, 6) is -2.05. The van der Waals surface area contributed by atoms with E-state index in [1.165, 1.54) is 4.90 Å². The van der Waals surface area contributed by atoms with E-state index in [2.05, 4.69) is 17.6 Å². The van der Waals surface area contributed by atoms with Crippen LogP contribution in [0, 0.1) is 23.7 Å². The fourth-order valence-corrected chi connectivity index (χ4v) is 4.62.